The lowest BCUT2D eigenvalue weighted by molar-refractivity contribution is -0.114. The Kier molecular flexibility index (Phi) is 6.09. The summed E-state index contributed by atoms with van der Waals surface area (Å²) in [5, 5.41) is 0. The van der Waals surface area contributed by atoms with E-state index in [1.807, 2.05) is 0 Å². The van der Waals surface area contributed by atoms with Gasteiger partial charge in [-0.1, -0.05) is 23.8 Å². The molecule has 0 radical (unpaired) electrons. The Labute approximate surface area is 137 Å². The summed E-state index contributed by atoms with van der Waals surface area (Å²) in [5.41, 5.74) is -0.0452. The largest absolute Gasteiger partial charge is 0.444 e. The van der Waals surface area contributed by atoms with Crippen molar-refractivity contribution in [1.82, 2.24) is 4.72 Å². The van der Waals surface area contributed by atoms with Crippen molar-refractivity contribution in [3.63, 3.8) is 0 Å². The molecule has 1 unspecified atom stereocenters. The van der Waals surface area contributed by atoms with E-state index in [0.717, 1.165) is 5.57 Å². The SMILES string of the molecule is CC(C)=CC(=O)NS(=O)(=NC(=O)OC(C)(C)C)c1ccccc1. The third kappa shape index (κ3) is 6.65. The van der Waals surface area contributed by atoms with Gasteiger partial charge in [-0.25, -0.2) is 9.00 Å². The fourth-order valence-electron chi connectivity index (χ4n) is 1.55. The van der Waals surface area contributed by atoms with Gasteiger partial charge in [0.2, 0.25) is 0 Å². The topological polar surface area (TPSA) is 84.8 Å². The molecule has 126 valence electrons. The number of nitrogens with one attached hydrogen (secondary N) is 1. The van der Waals surface area contributed by atoms with Gasteiger partial charge in [0.15, 0.2) is 9.92 Å². The van der Waals surface area contributed by atoms with Crippen molar-refractivity contribution < 1.29 is 18.5 Å². The number of allylic oxidation sites excluding steroid dienone is 1. The Morgan fingerprint density at radius 3 is 2.22 bits per heavy atom. The molecule has 0 aromatic heterocycles. The van der Waals surface area contributed by atoms with E-state index in [2.05, 4.69) is 9.08 Å². The van der Waals surface area contributed by atoms with Gasteiger partial charge in [-0.05, 0) is 46.8 Å². The van der Waals surface area contributed by atoms with Crippen molar-refractivity contribution in [1.29, 1.82) is 0 Å². The number of hydrogen-bond acceptors (Lipinski definition) is 4. The van der Waals surface area contributed by atoms with Crippen molar-refractivity contribution in [2.45, 2.75) is 45.1 Å². The van der Waals surface area contributed by atoms with Gasteiger partial charge >= 0.3 is 6.09 Å². The quantitative estimate of drug-likeness (QED) is 0.856. The summed E-state index contributed by atoms with van der Waals surface area (Å²) < 4.78 is 24.0. The number of nitrogens with zero attached hydrogens (tertiary/aromatic N) is 1. The smallest absolute Gasteiger partial charge is 0.442 e. The summed E-state index contributed by atoms with van der Waals surface area (Å²) >= 11 is 0. The summed E-state index contributed by atoms with van der Waals surface area (Å²) in [7, 11) is -3.48. The van der Waals surface area contributed by atoms with E-state index in [1.165, 1.54) is 18.2 Å². The second-order valence-electron chi connectivity index (χ2n) is 6.10. The first-order valence-corrected chi connectivity index (χ1v) is 8.55. The molecule has 6 nitrogen and oxygen atoms in total. The first kappa shape index (κ1) is 18.9. The van der Waals surface area contributed by atoms with Crippen LogP contribution in [0, 0.1) is 0 Å². The number of ether oxygens (including phenoxy) is 1. The third-order valence-electron chi connectivity index (χ3n) is 2.32. The molecule has 0 spiro atoms. The predicted molar refractivity (Wildman–Crippen MR) is 89.1 cm³/mol. The highest BCUT2D eigenvalue weighted by Crippen LogP contribution is 2.14. The normalized spacial score (nSPS) is 13.4. The van der Waals surface area contributed by atoms with Crippen molar-refractivity contribution in [3.8, 4) is 0 Å². The summed E-state index contributed by atoms with van der Waals surface area (Å²) in [5.74, 6) is -0.592. The Morgan fingerprint density at radius 2 is 1.74 bits per heavy atom. The van der Waals surface area contributed by atoms with Gasteiger partial charge < -0.3 is 4.74 Å². The van der Waals surface area contributed by atoms with E-state index in [1.54, 1.807) is 52.8 Å². The molecule has 1 aromatic carbocycles. The van der Waals surface area contributed by atoms with E-state index in [-0.39, 0.29) is 4.90 Å². The Morgan fingerprint density at radius 1 is 1.17 bits per heavy atom. The lowest BCUT2D eigenvalue weighted by Crippen LogP contribution is -2.31. The number of hydrogen-bond donors (Lipinski definition) is 1. The minimum atomic E-state index is -3.48. The van der Waals surface area contributed by atoms with Crippen LogP contribution in [0.1, 0.15) is 34.6 Å². The van der Waals surface area contributed by atoms with Crippen LogP contribution in [0.4, 0.5) is 4.79 Å². The molecule has 0 aliphatic heterocycles. The van der Waals surface area contributed by atoms with Crippen LogP contribution in [0.5, 0.6) is 0 Å². The first-order chi connectivity index (χ1) is 10.5. The van der Waals surface area contributed by atoms with Gasteiger partial charge in [0.25, 0.3) is 5.91 Å². The van der Waals surface area contributed by atoms with Crippen LogP contribution >= 0.6 is 0 Å². The summed E-state index contributed by atoms with van der Waals surface area (Å²) in [6.07, 6.45) is 0.288. The minimum absolute atomic E-state index is 0.223. The van der Waals surface area contributed by atoms with Crippen LogP contribution in [0.25, 0.3) is 0 Å². The van der Waals surface area contributed by atoms with E-state index in [9.17, 15) is 13.8 Å². The van der Waals surface area contributed by atoms with Crippen LogP contribution in [-0.4, -0.2) is 21.8 Å². The average molecular weight is 338 g/mol. The maximum absolute atomic E-state index is 13.0. The highest BCUT2D eigenvalue weighted by Gasteiger charge is 2.21. The fourth-order valence-corrected chi connectivity index (χ4v) is 2.93. The zero-order valence-corrected chi connectivity index (χ0v) is 14.8. The van der Waals surface area contributed by atoms with Crippen LogP contribution in [0.15, 0.2) is 51.2 Å². The molecule has 1 N–H and O–H groups in total. The van der Waals surface area contributed by atoms with E-state index in [4.69, 9.17) is 4.74 Å². The highest BCUT2D eigenvalue weighted by molar-refractivity contribution is 7.92. The summed E-state index contributed by atoms with van der Waals surface area (Å²) in [4.78, 5) is 24.1. The van der Waals surface area contributed by atoms with Crippen molar-refractivity contribution in [2.75, 3.05) is 0 Å². The highest BCUT2D eigenvalue weighted by atomic mass is 32.2. The Bertz CT molecular complexity index is 720. The fraction of sp³-hybridized carbons (Fsp3) is 0.375. The summed E-state index contributed by atoms with van der Waals surface area (Å²) in [6.45, 7) is 8.48. The van der Waals surface area contributed by atoms with Gasteiger partial charge in [0.05, 0.1) is 4.90 Å². The number of carbonyl (C=O) groups excluding carboxylic acids is 2. The number of amides is 2. The van der Waals surface area contributed by atoms with Crippen LogP contribution in [0.3, 0.4) is 0 Å². The van der Waals surface area contributed by atoms with Gasteiger partial charge in [-0.2, -0.15) is 0 Å². The van der Waals surface area contributed by atoms with Crippen molar-refractivity contribution >= 4 is 21.9 Å². The molecule has 1 atom stereocenters. The average Bonchev–Trinajstić information content (AvgIpc) is 2.35. The molecule has 7 heteroatoms. The number of benzene rings is 1. The number of rotatable bonds is 3. The zero-order chi connectivity index (χ0) is 17.7. The minimum Gasteiger partial charge on any atom is -0.442 e. The predicted octanol–water partition coefficient (Wildman–Crippen LogP) is 3.45. The van der Waals surface area contributed by atoms with Gasteiger partial charge in [-0.3, -0.25) is 9.52 Å². The van der Waals surface area contributed by atoms with Crippen molar-refractivity contribution in [3.05, 3.63) is 42.0 Å². The molecular weight excluding hydrogens is 316 g/mol. The molecule has 0 aliphatic carbocycles. The Hall–Kier alpha value is -2.15. The second-order valence-corrected chi connectivity index (χ2v) is 8.01. The molecule has 1 rings (SSSR count). The monoisotopic (exact) mass is 338 g/mol. The molecule has 0 bridgehead atoms. The molecule has 0 fully saturated rings. The molecular formula is C16H22N2O4S. The molecule has 0 heterocycles. The lowest BCUT2D eigenvalue weighted by Gasteiger charge is -2.18. The summed E-state index contributed by atoms with van der Waals surface area (Å²) in [6, 6.07) is 8.08. The van der Waals surface area contributed by atoms with E-state index >= 15 is 0 Å². The number of carbonyl (C=O) groups is 2. The van der Waals surface area contributed by atoms with E-state index in [0.29, 0.717) is 0 Å². The third-order valence-corrected chi connectivity index (χ3v) is 4.11. The molecule has 0 saturated carbocycles. The zero-order valence-electron chi connectivity index (χ0n) is 14.0. The maximum Gasteiger partial charge on any atom is 0.444 e. The molecule has 2 amide bonds. The molecule has 0 saturated heterocycles. The molecule has 0 aliphatic rings. The molecule has 23 heavy (non-hydrogen) atoms. The first-order valence-electron chi connectivity index (χ1n) is 7.04. The second kappa shape index (κ2) is 7.41. The van der Waals surface area contributed by atoms with E-state index < -0.39 is 27.5 Å². The Balaban J connectivity index is 3.28. The van der Waals surface area contributed by atoms with Crippen molar-refractivity contribution in [2.24, 2.45) is 4.36 Å². The van der Waals surface area contributed by atoms with Gasteiger partial charge in [0.1, 0.15) is 5.60 Å². The van der Waals surface area contributed by atoms with Gasteiger partial charge in [0, 0.05) is 6.08 Å². The lowest BCUT2D eigenvalue weighted by atomic mass is 10.2. The van der Waals surface area contributed by atoms with Crippen LogP contribution in [-0.2, 0) is 19.4 Å². The van der Waals surface area contributed by atoms with Gasteiger partial charge in [-0.15, -0.1) is 4.36 Å². The molecule has 1 aromatic rings. The standard InChI is InChI=1S/C16H22N2O4S/c1-12(2)11-14(19)17-23(21,13-9-7-6-8-10-13)18-15(20)22-16(3,4)5/h6-11H,1-5H3,(H,17,18,19,20,21). The maximum atomic E-state index is 13.0. The van der Waals surface area contributed by atoms with Crippen LogP contribution < -0.4 is 4.72 Å². The van der Waals surface area contributed by atoms with Crippen LogP contribution in [0.2, 0.25) is 0 Å².